The molecule has 25 rings (SSSR count). The molecule has 0 unspecified atom stereocenters. The second-order valence-electron chi connectivity index (χ2n) is 35.3. The Morgan fingerprint density at radius 1 is 0.173 bits per heavy atom. The molecule has 644 valence electrons. The molecule has 0 spiro atoms. The Hall–Kier alpha value is -16.3. The monoisotopic (exact) mass is 1730 g/mol. The number of rotatable bonds is 11. The maximum Gasteiger partial charge on any atom is 0.144 e. The van der Waals surface area contributed by atoms with Gasteiger partial charge in [-0.2, -0.15) is 0 Å². The molecule has 0 saturated carbocycles. The highest BCUT2D eigenvalue weighted by atomic mass is 16.3. The highest BCUT2D eigenvalue weighted by molar-refractivity contribution is 6.14. The van der Waals surface area contributed by atoms with Crippen molar-refractivity contribution in [3.8, 4) is 67.4 Å². The van der Waals surface area contributed by atoms with Gasteiger partial charge in [-0.05, 0) is 179 Å². The van der Waals surface area contributed by atoms with Gasteiger partial charge in [0.2, 0.25) is 0 Å². The highest BCUT2D eigenvalue weighted by Crippen LogP contribution is 2.44. The van der Waals surface area contributed by atoms with Gasteiger partial charge in [-0.1, -0.05) is 300 Å². The fourth-order valence-electron chi connectivity index (χ4n) is 18.1. The Kier molecular flexibility index (Phi) is 22.4. The largest absolute Gasteiger partial charge is 0.456 e. The van der Waals surface area contributed by atoms with E-state index in [1.165, 1.54) is 21.9 Å². The van der Waals surface area contributed by atoms with E-state index in [0.717, 1.165) is 228 Å². The topological polar surface area (TPSA) is 181 Å². The van der Waals surface area contributed by atoms with Crippen LogP contribution in [0, 0.1) is 0 Å². The van der Waals surface area contributed by atoms with Gasteiger partial charge in [0.25, 0.3) is 0 Å². The Morgan fingerprint density at radius 2 is 0.496 bits per heavy atom. The van der Waals surface area contributed by atoms with Crippen LogP contribution in [0.3, 0.4) is 0 Å². The average molecular weight is 1730 g/mol. The Labute approximate surface area is 768 Å². The first kappa shape index (κ1) is 83.6. The Balaban J connectivity index is 0.000000100. The van der Waals surface area contributed by atoms with Crippen LogP contribution < -0.4 is 0 Å². The SMILES string of the molecule is CC(C)c1nc2cc3c(-c4ccccc4)cccc3cc2nc1-c1ccccc1.CC(C)c1nc2ccccc2nc1-c1ccc2c(c1)oc1ccccc12.CC(C)c1nc2ccccc2nc1-c1ccc2oc3ccccc3c2c1.CC(C)c1nc2ccccc2nc1-c1cccc2c1oc1ccccc12.CC(C)c1nc2ccccc2nc1-c1cccc2oc3ccccc3c12. The molecule has 0 amide bonds. The lowest BCUT2D eigenvalue weighted by Crippen LogP contribution is -2.01. The number of benzene rings is 16. The predicted octanol–water partition coefficient (Wildman–Crippen LogP) is 32.5. The lowest BCUT2D eigenvalue weighted by atomic mass is 9.97. The summed E-state index contributed by atoms with van der Waals surface area (Å²) >= 11 is 0. The van der Waals surface area contributed by atoms with E-state index in [-0.39, 0.29) is 17.8 Å². The van der Waals surface area contributed by atoms with Gasteiger partial charge in [0.15, 0.2) is 0 Å². The van der Waals surface area contributed by atoms with Crippen molar-refractivity contribution < 1.29 is 17.7 Å². The van der Waals surface area contributed by atoms with Crippen molar-refractivity contribution in [1.29, 1.82) is 0 Å². The minimum atomic E-state index is 0.266. The molecule has 0 N–H and O–H groups in total. The van der Waals surface area contributed by atoms with Crippen LogP contribution >= 0.6 is 0 Å². The van der Waals surface area contributed by atoms with E-state index in [1.54, 1.807) is 0 Å². The van der Waals surface area contributed by atoms with E-state index >= 15 is 0 Å². The zero-order valence-corrected chi connectivity index (χ0v) is 75.6. The molecule has 0 fully saturated rings. The lowest BCUT2D eigenvalue weighted by Gasteiger charge is -2.14. The number of furan rings is 4. The molecule has 14 nitrogen and oxygen atoms in total. The summed E-state index contributed by atoms with van der Waals surface area (Å²) in [6.45, 7) is 21.6. The zero-order chi connectivity index (χ0) is 90.5. The van der Waals surface area contributed by atoms with Gasteiger partial charge in [0.1, 0.15) is 44.7 Å². The average Bonchev–Trinajstić information content (AvgIpc) is 1.66. The molecule has 0 atom stereocenters. The summed E-state index contributed by atoms with van der Waals surface area (Å²) in [6, 6.07) is 121. The van der Waals surface area contributed by atoms with Crippen molar-refractivity contribution in [2.75, 3.05) is 0 Å². The van der Waals surface area contributed by atoms with E-state index in [0.29, 0.717) is 11.8 Å². The molecular weight excluding hydrogens is 1630 g/mol. The first-order valence-corrected chi connectivity index (χ1v) is 45.6. The van der Waals surface area contributed by atoms with Crippen LogP contribution in [0.4, 0.5) is 0 Å². The van der Waals surface area contributed by atoms with Crippen LogP contribution in [0.1, 0.15) is 127 Å². The quantitative estimate of drug-likeness (QED) is 0.112. The molecule has 9 heterocycles. The molecule has 9 aromatic heterocycles. The fraction of sp³-hybridized carbons (Fsp3) is 0.126. The second-order valence-corrected chi connectivity index (χ2v) is 35.3. The van der Waals surface area contributed by atoms with Gasteiger partial charge < -0.3 is 17.7 Å². The molecule has 0 aliphatic heterocycles. The zero-order valence-electron chi connectivity index (χ0n) is 75.6. The third-order valence-corrected chi connectivity index (χ3v) is 24.6. The number of fused-ring (bicyclic) bond motifs is 18. The molecule has 0 aliphatic carbocycles. The number of nitrogens with zero attached hydrogens (tertiary/aromatic N) is 10. The number of hydrogen-bond donors (Lipinski definition) is 0. The maximum atomic E-state index is 6.22. The molecule has 0 bridgehead atoms. The summed E-state index contributed by atoms with van der Waals surface area (Å²) in [5.74, 6) is 1.41. The molecule has 14 heteroatoms. The minimum absolute atomic E-state index is 0.266. The molecule has 25 aromatic rings. The highest BCUT2D eigenvalue weighted by Gasteiger charge is 2.25. The second kappa shape index (κ2) is 35.6. The summed E-state index contributed by atoms with van der Waals surface area (Å²) in [4.78, 5) is 49.6. The maximum absolute atomic E-state index is 6.22. The van der Waals surface area contributed by atoms with Crippen LogP contribution in [0.5, 0.6) is 0 Å². The number of aromatic nitrogens is 10. The van der Waals surface area contributed by atoms with E-state index in [1.807, 2.05) is 194 Å². The first-order valence-electron chi connectivity index (χ1n) is 45.6. The summed E-state index contributed by atoms with van der Waals surface area (Å²) < 4.78 is 24.3. The third kappa shape index (κ3) is 16.2. The van der Waals surface area contributed by atoms with E-state index < -0.39 is 0 Å². The van der Waals surface area contributed by atoms with Crippen LogP contribution in [0.15, 0.2) is 376 Å². The van der Waals surface area contributed by atoms with E-state index in [9.17, 15) is 0 Å². The minimum Gasteiger partial charge on any atom is -0.456 e. The van der Waals surface area contributed by atoms with Gasteiger partial charge in [-0.25, -0.2) is 49.8 Å². The normalized spacial score (nSPS) is 11.7. The van der Waals surface area contributed by atoms with Crippen LogP contribution in [-0.4, -0.2) is 49.8 Å². The van der Waals surface area contributed by atoms with Crippen molar-refractivity contribution >= 4 is 154 Å². The van der Waals surface area contributed by atoms with Gasteiger partial charge >= 0.3 is 0 Å². The van der Waals surface area contributed by atoms with Crippen molar-refractivity contribution in [2.45, 2.75) is 98.8 Å². The summed E-state index contributed by atoms with van der Waals surface area (Å²) in [5.41, 5.74) is 34.0. The Bertz CT molecular complexity index is 8710. The smallest absolute Gasteiger partial charge is 0.144 e. The number of hydrogen-bond acceptors (Lipinski definition) is 14. The van der Waals surface area contributed by atoms with E-state index in [4.69, 9.17) is 67.5 Å². The molecular formula is C119H94N10O4. The van der Waals surface area contributed by atoms with Crippen molar-refractivity contribution in [1.82, 2.24) is 49.8 Å². The van der Waals surface area contributed by atoms with Crippen LogP contribution in [-0.2, 0) is 0 Å². The van der Waals surface area contributed by atoms with Crippen LogP contribution in [0.25, 0.3) is 221 Å². The third-order valence-electron chi connectivity index (χ3n) is 24.6. The summed E-state index contributed by atoms with van der Waals surface area (Å²) in [5, 5.41) is 11.4. The van der Waals surface area contributed by atoms with Crippen molar-refractivity contribution in [3.05, 3.63) is 386 Å². The lowest BCUT2D eigenvalue weighted by molar-refractivity contribution is 0.668. The molecule has 16 aromatic carbocycles. The van der Waals surface area contributed by atoms with Crippen molar-refractivity contribution in [2.24, 2.45) is 0 Å². The standard InChI is InChI=1S/C27H22N2.4C23H18N2O/c1-18(2)26-27(20-12-7-4-8-13-20)29-24-16-21-14-9-15-22(19-10-5-3-6-11-19)23(21)17-25(24)28-26;1-14(2)21-22(25-19-12-5-4-11-18(19)24-21)17-10-7-9-16-15-8-3-6-13-20(15)26-23(16)17;1-14(2)22-23(25-18-11-5-4-10-17(18)24-22)16-9-7-13-20-21(16)15-8-3-6-12-19(15)26-20;1-14(2)22-23(25-19-9-5-4-8-18(19)24-22)15-11-12-21-17(13-15)16-7-3-6-10-20(16)26-21;1-14(2)22-23(25-19-9-5-4-8-18(19)24-22)15-11-12-17-16-7-3-6-10-20(16)26-21(17)13-15/h3-18H,1-2H3;4*3-14H,1-2H3. The molecule has 0 radical (unpaired) electrons. The molecule has 133 heavy (non-hydrogen) atoms. The van der Waals surface area contributed by atoms with Gasteiger partial charge in [0, 0.05) is 70.9 Å². The summed E-state index contributed by atoms with van der Waals surface area (Å²) in [7, 11) is 0. The fourth-order valence-corrected chi connectivity index (χ4v) is 18.1. The predicted molar refractivity (Wildman–Crippen MR) is 547 cm³/mol. The van der Waals surface area contributed by atoms with Crippen LogP contribution in [0.2, 0.25) is 0 Å². The summed E-state index contributed by atoms with van der Waals surface area (Å²) in [6.07, 6.45) is 0. The van der Waals surface area contributed by atoms with Gasteiger partial charge in [-0.3, -0.25) is 0 Å². The Morgan fingerprint density at radius 3 is 1.03 bits per heavy atom. The van der Waals surface area contributed by atoms with Crippen molar-refractivity contribution in [3.63, 3.8) is 0 Å². The van der Waals surface area contributed by atoms with Gasteiger partial charge in [-0.15, -0.1) is 0 Å². The molecule has 0 saturated heterocycles. The number of para-hydroxylation sites is 13. The first-order chi connectivity index (χ1) is 65.1. The molecule has 0 aliphatic rings. The van der Waals surface area contributed by atoms with E-state index in [2.05, 4.69) is 233 Å². The van der Waals surface area contributed by atoms with Gasteiger partial charge in [0.05, 0.1) is 112 Å².